The SMILES string of the molecule is COCCOCCCCNc1nc(Cl)c(C(=O)OC)s1. The molecule has 20 heavy (non-hydrogen) atoms. The van der Waals surface area contributed by atoms with Gasteiger partial charge in [0.25, 0.3) is 0 Å². The molecule has 0 aliphatic rings. The van der Waals surface area contributed by atoms with Gasteiger partial charge in [-0.25, -0.2) is 9.78 Å². The molecular formula is C12H19ClN2O4S. The Morgan fingerprint density at radius 1 is 1.30 bits per heavy atom. The Balaban J connectivity index is 2.18. The van der Waals surface area contributed by atoms with E-state index in [-0.39, 0.29) is 5.15 Å². The molecule has 1 rings (SSSR count). The van der Waals surface area contributed by atoms with Gasteiger partial charge in [0.05, 0.1) is 20.3 Å². The molecule has 0 saturated heterocycles. The van der Waals surface area contributed by atoms with E-state index in [1.807, 2.05) is 0 Å². The molecule has 0 saturated carbocycles. The van der Waals surface area contributed by atoms with E-state index >= 15 is 0 Å². The normalized spacial score (nSPS) is 10.6. The first-order valence-corrected chi connectivity index (χ1v) is 7.43. The first-order valence-electron chi connectivity index (χ1n) is 6.24. The minimum Gasteiger partial charge on any atom is -0.465 e. The largest absolute Gasteiger partial charge is 0.465 e. The smallest absolute Gasteiger partial charge is 0.351 e. The van der Waals surface area contributed by atoms with Gasteiger partial charge in [-0.1, -0.05) is 22.9 Å². The Hall–Kier alpha value is -0.890. The van der Waals surface area contributed by atoms with E-state index in [0.717, 1.165) is 19.4 Å². The number of rotatable bonds is 10. The second-order valence-electron chi connectivity index (χ2n) is 3.87. The van der Waals surface area contributed by atoms with Gasteiger partial charge in [0.15, 0.2) is 15.2 Å². The maximum Gasteiger partial charge on any atom is 0.351 e. The number of methoxy groups -OCH3 is 2. The molecule has 1 N–H and O–H groups in total. The second-order valence-corrected chi connectivity index (χ2v) is 5.23. The van der Waals surface area contributed by atoms with Gasteiger partial charge in [0.1, 0.15) is 0 Å². The molecule has 1 aromatic rings. The molecule has 1 aromatic heterocycles. The van der Waals surface area contributed by atoms with Crippen molar-refractivity contribution < 1.29 is 19.0 Å². The number of anilines is 1. The van der Waals surface area contributed by atoms with Crippen molar-refractivity contribution in [2.24, 2.45) is 0 Å². The van der Waals surface area contributed by atoms with Gasteiger partial charge in [-0.05, 0) is 12.8 Å². The zero-order chi connectivity index (χ0) is 14.8. The minimum atomic E-state index is -0.466. The third-order valence-corrected chi connectivity index (χ3v) is 3.76. The third kappa shape index (κ3) is 6.04. The van der Waals surface area contributed by atoms with Crippen molar-refractivity contribution in [1.29, 1.82) is 0 Å². The van der Waals surface area contributed by atoms with Gasteiger partial charge in [0, 0.05) is 20.3 Å². The van der Waals surface area contributed by atoms with Crippen molar-refractivity contribution in [3.8, 4) is 0 Å². The third-order valence-electron chi connectivity index (χ3n) is 2.38. The molecule has 0 fully saturated rings. The van der Waals surface area contributed by atoms with Crippen LogP contribution in [0.15, 0.2) is 0 Å². The highest BCUT2D eigenvalue weighted by atomic mass is 35.5. The van der Waals surface area contributed by atoms with E-state index in [1.54, 1.807) is 7.11 Å². The Bertz CT molecular complexity index is 414. The van der Waals surface area contributed by atoms with Crippen LogP contribution >= 0.6 is 22.9 Å². The molecule has 0 bridgehead atoms. The van der Waals surface area contributed by atoms with Crippen LogP contribution in [0.3, 0.4) is 0 Å². The summed E-state index contributed by atoms with van der Waals surface area (Å²) in [5.41, 5.74) is 0. The molecule has 114 valence electrons. The maximum absolute atomic E-state index is 11.4. The number of nitrogens with zero attached hydrogens (tertiary/aromatic N) is 1. The second kappa shape index (κ2) is 9.93. The zero-order valence-corrected chi connectivity index (χ0v) is 13.2. The number of hydrogen-bond acceptors (Lipinski definition) is 7. The topological polar surface area (TPSA) is 69.7 Å². The van der Waals surface area contributed by atoms with Gasteiger partial charge in [-0.3, -0.25) is 0 Å². The summed E-state index contributed by atoms with van der Waals surface area (Å²) < 4.78 is 14.8. The lowest BCUT2D eigenvalue weighted by Gasteiger charge is -2.04. The number of carbonyl (C=O) groups is 1. The summed E-state index contributed by atoms with van der Waals surface area (Å²) in [6.07, 6.45) is 1.89. The van der Waals surface area contributed by atoms with Crippen LogP contribution in [-0.2, 0) is 14.2 Å². The summed E-state index contributed by atoms with van der Waals surface area (Å²) in [5, 5.41) is 3.92. The van der Waals surface area contributed by atoms with E-state index in [0.29, 0.717) is 29.8 Å². The maximum atomic E-state index is 11.4. The van der Waals surface area contributed by atoms with Crippen LogP contribution < -0.4 is 5.32 Å². The standard InChI is InChI=1S/C12H19ClN2O4S/c1-17-7-8-19-6-4-3-5-14-12-15-10(13)9(20-12)11(16)18-2/h3-8H2,1-2H3,(H,14,15). The van der Waals surface area contributed by atoms with Crippen LogP contribution in [0.5, 0.6) is 0 Å². The van der Waals surface area contributed by atoms with Gasteiger partial charge >= 0.3 is 5.97 Å². The lowest BCUT2D eigenvalue weighted by atomic mass is 10.3. The Kier molecular flexibility index (Phi) is 8.52. The molecule has 0 spiro atoms. The van der Waals surface area contributed by atoms with Crippen molar-refractivity contribution in [2.45, 2.75) is 12.8 Å². The highest BCUT2D eigenvalue weighted by molar-refractivity contribution is 7.18. The molecule has 1 heterocycles. The quantitative estimate of drug-likeness (QED) is 0.527. The average molecular weight is 323 g/mol. The zero-order valence-electron chi connectivity index (χ0n) is 11.6. The van der Waals surface area contributed by atoms with Crippen molar-refractivity contribution in [3.63, 3.8) is 0 Å². The monoisotopic (exact) mass is 322 g/mol. The summed E-state index contributed by atoms with van der Waals surface area (Å²) in [6, 6.07) is 0. The number of halogens is 1. The summed E-state index contributed by atoms with van der Waals surface area (Å²) in [5.74, 6) is -0.466. The van der Waals surface area contributed by atoms with Gasteiger partial charge in [0.2, 0.25) is 0 Å². The number of ether oxygens (including phenoxy) is 3. The van der Waals surface area contributed by atoms with Crippen LogP contribution in [-0.4, -0.2) is 51.5 Å². The Morgan fingerprint density at radius 2 is 2.10 bits per heavy atom. The molecule has 0 atom stereocenters. The fourth-order valence-corrected chi connectivity index (χ4v) is 2.49. The highest BCUT2D eigenvalue weighted by Crippen LogP contribution is 2.27. The number of hydrogen-bond donors (Lipinski definition) is 1. The molecule has 0 radical (unpaired) electrons. The molecule has 8 heteroatoms. The summed E-state index contributed by atoms with van der Waals surface area (Å²) >= 11 is 7.05. The molecular weight excluding hydrogens is 304 g/mol. The number of unbranched alkanes of at least 4 members (excludes halogenated alkanes) is 1. The summed E-state index contributed by atoms with van der Waals surface area (Å²) in [7, 11) is 2.96. The number of esters is 1. The van der Waals surface area contributed by atoms with Crippen LogP contribution in [0.1, 0.15) is 22.5 Å². The first-order chi connectivity index (χ1) is 9.69. The molecule has 0 unspecified atom stereocenters. The average Bonchev–Trinajstić information content (AvgIpc) is 2.82. The Labute approximate surface area is 127 Å². The van der Waals surface area contributed by atoms with Gasteiger partial charge < -0.3 is 19.5 Å². The minimum absolute atomic E-state index is 0.173. The van der Waals surface area contributed by atoms with Crippen LogP contribution in [0.25, 0.3) is 0 Å². The van der Waals surface area contributed by atoms with E-state index in [2.05, 4.69) is 15.0 Å². The van der Waals surface area contributed by atoms with Crippen LogP contribution in [0, 0.1) is 0 Å². The number of thiazole rings is 1. The van der Waals surface area contributed by atoms with Crippen molar-refractivity contribution in [3.05, 3.63) is 10.0 Å². The fraction of sp³-hybridized carbons (Fsp3) is 0.667. The first kappa shape index (κ1) is 17.2. The van der Waals surface area contributed by atoms with E-state index in [1.165, 1.54) is 18.4 Å². The van der Waals surface area contributed by atoms with E-state index in [4.69, 9.17) is 21.1 Å². The van der Waals surface area contributed by atoms with Crippen molar-refractivity contribution in [1.82, 2.24) is 4.98 Å². The van der Waals surface area contributed by atoms with Crippen LogP contribution in [0.2, 0.25) is 5.15 Å². The number of carbonyl (C=O) groups excluding carboxylic acids is 1. The number of aromatic nitrogens is 1. The van der Waals surface area contributed by atoms with Crippen molar-refractivity contribution >= 4 is 34.0 Å². The number of nitrogens with one attached hydrogen (secondary N) is 1. The summed E-state index contributed by atoms with van der Waals surface area (Å²) in [6.45, 7) is 2.69. The predicted octanol–water partition coefficient (Wildman–Crippen LogP) is 2.44. The van der Waals surface area contributed by atoms with Crippen molar-refractivity contribution in [2.75, 3.05) is 45.9 Å². The molecule has 6 nitrogen and oxygen atoms in total. The highest BCUT2D eigenvalue weighted by Gasteiger charge is 2.16. The van der Waals surface area contributed by atoms with E-state index in [9.17, 15) is 4.79 Å². The predicted molar refractivity (Wildman–Crippen MR) is 78.9 cm³/mol. The lowest BCUT2D eigenvalue weighted by molar-refractivity contribution is 0.0606. The molecule has 0 aromatic carbocycles. The fourth-order valence-electron chi connectivity index (χ4n) is 1.36. The molecule has 0 aliphatic carbocycles. The van der Waals surface area contributed by atoms with Crippen LogP contribution in [0.4, 0.5) is 5.13 Å². The van der Waals surface area contributed by atoms with Gasteiger partial charge in [-0.2, -0.15) is 0 Å². The van der Waals surface area contributed by atoms with E-state index < -0.39 is 5.97 Å². The lowest BCUT2D eigenvalue weighted by Crippen LogP contribution is -2.06. The summed E-state index contributed by atoms with van der Waals surface area (Å²) in [4.78, 5) is 15.7. The Morgan fingerprint density at radius 3 is 2.80 bits per heavy atom. The van der Waals surface area contributed by atoms with Gasteiger partial charge in [-0.15, -0.1) is 0 Å². The molecule has 0 amide bonds. The molecule has 0 aliphatic heterocycles.